The van der Waals surface area contributed by atoms with Gasteiger partial charge in [0, 0.05) is 48.9 Å². The van der Waals surface area contributed by atoms with E-state index in [0.717, 1.165) is 45.0 Å². The monoisotopic (exact) mass is 676 g/mol. The second kappa shape index (κ2) is 18.5. The van der Waals surface area contributed by atoms with E-state index in [9.17, 15) is 40.9 Å². The summed E-state index contributed by atoms with van der Waals surface area (Å²) in [6.45, 7) is -0.703. The Hall–Kier alpha value is -4.24. The molecule has 12 N–H and O–H groups in total. The van der Waals surface area contributed by atoms with Crippen molar-refractivity contribution in [3.05, 3.63) is 119 Å². The summed E-state index contributed by atoms with van der Waals surface area (Å²) < 4.78 is 0. The van der Waals surface area contributed by atoms with Gasteiger partial charge in [-0.2, -0.15) is 0 Å². The molecule has 0 heterocycles. The molecule has 0 amide bonds. The number of anilines is 4. The first-order valence-electron chi connectivity index (χ1n) is 16.3. The van der Waals surface area contributed by atoms with Crippen molar-refractivity contribution in [1.82, 2.24) is 0 Å². The van der Waals surface area contributed by atoms with E-state index < -0.39 is 29.8 Å². The smallest absolute Gasteiger partial charge is 0.0942 e. The van der Waals surface area contributed by atoms with Crippen molar-refractivity contribution in [3.8, 4) is 0 Å². The van der Waals surface area contributed by atoms with Crippen LogP contribution in [0.1, 0.15) is 22.3 Å². The van der Waals surface area contributed by atoms with Crippen LogP contribution in [0.4, 0.5) is 22.7 Å². The molecule has 0 saturated heterocycles. The van der Waals surface area contributed by atoms with E-state index in [1.54, 1.807) is 0 Å². The average molecular weight is 677 g/mol. The van der Waals surface area contributed by atoms with E-state index in [1.807, 2.05) is 97.1 Å². The van der Waals surface area contributed by atoms with E-state index in [1.165, 1.54) is 0 Å². The maximum atomic E-state index is 9.86. The molecule has 0 saturated carbocycles. The minimum Gasteiger partial charge on any atom is -0.394 e. The van der Waals surface area contributed by atoms with Gasteiger partial charge in [-0.15, -0.1) is 0 Å². The molecule has 4 aromatic carbocycles. The maximum Gasteiger partial charge on any atom is 0.0942 e. The number of hydrogen-bond donors (Lipinski definition) is 12. The number of benzene rings is 4. The van der Waals surface area contributed by atoms with Gasteiger partial charge in [0.2, 0.25) is 0 Å². The molecule has 4 rings (SSSR count). The van der Waals surface area contributed by atoms with E-state index in [-0.39, 0.29) is 52.6 Å². The summed E-state index contributed by atoms with van der Waals surface area (Å²) in [5.41, 5.74) is 5.85. The van der Waals surface area contributed by atoms with Gasteiger partial charge in [0.15, 0.2) is 0 Å². The lowest BCUT2D eigenvalue weighted by Crippen LogP contribution is -2.31. The number of aliphatic hydroxyl groups is 8. The Morgan fingerprint density at radius 1 is 0.347 bits per heavy atom. The zero-order valence-electron chi connectivity index (χ0n) is 27.3. The van der Waals surface area contributed by atoms with Gasteiger partial charge in [-0.05, 0) is 70.8 Å². The zero-order chi connectivity index (χ0) is 35.2. The second-order valence-electron chi connectivity index (χ2n) is 11.9. The molecule has 4 aromatic rings. The largest absolute Gasteiger partial charge is 0.394 e. The first-order chi connectivity index (χ1) is 23.7. The van der Waals surface area contributed by atoms with Gasteiger partial charge in [-0.25, -0.2) is 0 Å². The number of nitrogens with one attached hydrogen (secondary N) is 4. The third kappa shape index (κ3) is 9.91. The highest BCUT2D eigenvalue weighted by Crippen LogP contribution is 2.46. The molecular weight excluding hydrogens is 628 g/mol. The Kier molecular flexibility index (Phi) is 14.2. The van der Waals surface area contributed by atoms with Crippen LogP contribution in [-0.4, -0.2) is 118 Å². The molecule has 0 bridgehead atoms. The van der Waals surface area contributed by atoms with Crippen molar-refractivity contribution in [2.75, 3.05) is 73.9 Å². The molecular formula is C37H48N4O8. The molecule has 49 heavy (non-hydrogen) atoms. The van der Waals surface area contributed by atoms with E-state index in [2.05, 4.69) is 21.3 Å². The van der Waals surface area contributed by atoms with Crippen LogP contribution >= 0.6 is 0 Å². The van der Waals surface area contributed by atoms with Crippen LogP contribution in [0.15, 0.2) is 97.1 Å². The standard InChI is InChI=1S/C37H48N4O8/c42-21-33(46)17-38-29-9-1-25(2-10-29)37(26-3-11-30(12-4-26)39-18-34(47)22-43,27-5-13-31(14-6-27)40-19-35(48)23-44)28-7-15-32(16-8-28)41-20-36(49)24-45/h1-16,33-36,38-49H,17-24H2. The number of aliphatic hydroxyl groups excluding tert-OH is 8. The van der Waals surface area contributed by atoms with Crippen LogP contribution in [0.3, 0.4) is 0 Å². The highest BCUT2D eigenvalue weighted by atomic mass is 16.3. The molecule has 0 aliphatic rings. The Balaban J connectivity index is 1.85. The van der Waals surface area contributed by atoms with Crippen molar-refractivity contribution in [2.45, 2.75) is 29.8 Å². The number of rotatable bonds is 20. The van der Waals surface area contributed by atoms with Crippen LogP contribution in [0.5, 0.6) is 0 Å². The lowest BCUT2D eigenvalue weighted by atomic mass is 9.65. The fourth-order valence-corrected chi connectivity index (χ4v) is 5.55. The summed E-state index contributed by atoms with van der Waals surface area (Å²) in [6, 6.07) is 31.4. The van der Waals surface area contributed by atoms with Gasteiger partial charge in [0.1, 0.15) is 0 Å². The minimum atomic E-state index is -0.902. The van der Waals surface area contributed by atoms with Crippen LogP contribution < -0.4 is 21.3 Å². The fourth-order valence-electron chi connectivity index (χ4n) is 5.55. The molecule has 0 spiro atoms. The first kappa shape index (κ1) is 37.6. The predicted octanol–water partition coefficient (Wildman–Crippen LogP) is 1.13. The van der Waals surface area contributed by atoms with Crippen molar-refractivity contribution >= 4 is 22.7 Å². The van der Waals surface area contributed by atoms with Crippen LogP contribution in [-0.2, 0) is 5.41 Å². The molecule has 0 aliphatic heterocycles. The van der Waals surface area contributed by atoms with Crippen molar-refractivity contribution in [2.24, 2.45) is 0 Å². The molecule has 264 valence electrons. The third-order valence-electron chi connectivity index (χ3n) is 8.28. The third-order valence-corrected chi connectivity index (χ3v) is 8.28. The van der Waals surface area contributed by atoms with E-state index in [4.69, 9.17) is 0 Å². The highest BCUT2D eigenvalue weighted by Gasteiger charge is 2.38. The molecule has 0 radical (unpaired) electrons. The van der Waals surface area contributed by atoms with E-state index in [0.29, 0.717) is 0 Å². The topological polar surface area (TPSA) is 210 Å². The Morgan fingerprint density at radius 3 is 0.694 bits per heavy atom. The van der Waals surface area contributed by atoms with Gasteiger partial charge in [-0.3, -0.25) is 0 Å². The SMILES string of the molecule is OCC(O)CNc1ccc(C(c2ccc(NCC(O)CO)cc2)(c2ccc(NCC(O)CO)cc2)c2ccc(NCC(O)CO)cc2)cc1. The highest BCUT2D eigenvalue weighted by molar-refractivity contribution is 5.65. The Morgan fingerprint density at radius 2 is 0.531 bits per heavy atom. The summed E-state index contributed by atoms with van der Waals surface area (Å²) >= 11 is 0. The van der Waals surface area contributed by atoms with Crippen LogP contribution in [0.2, 0.25) is 0 Å². The predicted molar refractivity (Wildman–Crippen MR) is 191 cm³/mol. The first-order valence-corrected chi connectivity index (χ1v) is 16.3. The fraction of sp³-hybridized carbons (Fsp3) is 0.351. The second-order valence-corrected chi connectivity index (χ2v) is 11.9. The van der Waals surface area contributed by atoms with Crippen molar-refractivity contribution in [1.29, 1.82) is 0 Å². The zero-order valence-corrected chi connectivity index (χ0v) is 27.3. The summed E-state index contributed by atoms with van der Waals surface area (Å²) in [5, 5.41) is 89.0. The van der Waals surface area contributed by atoms with Crippen LogP contribution in [0.25, 0.3) is 0 Å². The van der Waals surface area contributed by atoms with Gasteiger partial charge in [0.05, 0.1) is 56.3 Å². The normalized spacial score (nSPS) is 15.0. The Labute approximate surface area is 286 Å². The maximum absolute atomic E-state index is 9.86. The number of hydrogen-bond acceptors (Lipinski definition) is 12. The lowest BCUT2D eigenvalue weighted by molar-refractivity contribution is 0.105. The molecule has 0 aliphatic carbocycles. The van der Waals surface area contributed by atoms with Gasteiger partial charge >= 0.3 is 0 Å². The summed E-state index contributed by atoms with van der Waals surface area (Å²) in [6.07, 6.45) is -3.61. The average Bonchev–Trinajstić information content (AvgIpc) is 3.16. The molecule has 12 heteroatoms. The molecule has 0 fully saturated rings. The molecule has 0 aromatic heterocycles. The van der Waals surface area contributed by atoms with Crippen molar-refractivity contribution < 1.29 is 40.9 Å². The molecule has 12 nitrogen and oxygen atoms in total. The van der Waals surface area contributed by atoms with Gasteiger partial charge in [0.25, 0.3) is 0 Å². The van der Waals surface area contributed by atoms with Gasteiger partial charge < -0.3 is 62.1 Å². The van der Waals surface area contributed by atoms with Crippen molar-refractivity contribution in [3.63, 3.8) is 0 Å². The lowest BCUT2D eigenvalue weighted by Gasteiger charge is -2.37. The minimum absolute atomic E-state index is 0.180. The van der Waals surface area contributed by atoms with E-state index >= 15 is 0 Å². The quantitative estimate of drug-likeness (QED) is 0.0595. The summed E-state index contributed by atoms with van der Waals surface area (Å²) in [5.74, 6) is 0. The molecule has 4 atom stereocenters. The summed E-state index contributed by atoms with van der Waals surface area (Å²) in [4.78, 5) is 0. The molecule has 4 unspecified atom stereocenters. The summed E-state index contributed by atoms with van der Waals surface area (Å²) in [7, 11) is 0. The van der Waals surface area contributed by atoms with Crippen LogP contribution in [0, 0.1) is 0 Å². The Bertz CT molecular complexity index is 1290. The van der Waals surface area contributed by atoms with Gasteiger partial charge in [-0.1, -0.05) is 48.5 Å².